The van der Waals surface area contributed by atoms with E-state index in [1.54, 1.807) is 0 Å². The summed E-state index contributed by atoms with van der Waals surface area (Å²) in [6.45, 7) is 10.8. The van der Waals surface area contributed by atoms with Crippen LogP contribution in [0, 0.1) is 11.8 Å². The molecule has 1 aromatic rings. The molecule has 0 bridgehead atoms. The highest BCUT2D eigenvalue weighted by Crippen LogP contribution is 2.20. The van der Waals surface area contributed by atoms with Gasteiger partial charge >= 0.3 is 0 Å². The Labute approximate surface area is 116 Å². The molecule has 0 atom stereocenters. The second-order valence-corrected chi connectivity index (χ2v) is 6.06. The summed E-state index contributed by atoms with van der Waals surface area (Å²) >= 11 is 0. The third kappa shape index (κ3) is 4.46. The minimum atomic E-state index is 0.666. The van der Waals surface area contributed by atoms with Gasteiger partial charge in [-0.15, -0.1) is 0 Å². The Hall–Kier alpha value is -1.16. The molecule has 0 spiro atoms. The van der Waals surface area contributed by atoms with Crippen LogP contribution in [0.5, 0.6) is 0 Å². The van der Waals surface area contributed by atoms with E-state index in [2.05, 4.69) is 36.0 Å². The number of aromatic nitrogens is 2. The molecule has 1 aliphatic heterocycles. The molecule has 1 fully saturated rings. The summed E-state index contributed by atoms with van der Waals surface area (Å²) in [5, 5.41) is 3.42. The molecule has 1 N–H and O–H groups in total. The zero-order valence-electron chi connectivity index (χ0n) is 12.4. The number of anilines is 1. The third-order valence-electron chi connectivity index (χ3n) is 3.64. The number of nitrogens with zero attached hydrogens (tertiary/aromatic N) is 3. The SMILES string of the molecule is CC(C)CNCc1cncc(N2CCC(C)CC2)n1. The van der Waals surface area contributed by atoms with Gasteiger partial charge in [0.15, 0.2) is 0 Å². The van der Waals surface area contributed by atoms with Crippen LogP contribution in [-0.2, 0) is 6.54 Å². The maximum atomic E-state index is 4.72. The summed E-state index contributed by atoms with van der Waals surface area (Å²) in [4.78, 5) is 11.4. The van der Waals surface area contributed by atoms with Crippen molar-refractivity contribution in [1.82, 2.24) is 15.3 Å². The molecule has 19 heavy (non-hydrogen) atoms. The molecule has 1 aliphatic rings. The van der Waals surface area contributed by atoms with Crippen LogP contribution in [0.1, 0.15) is 39.3 Å². The third-order valence-corrected chi connectivity index (χ3v) is 3.64. The molecular weight excluding hydrogens is 236 g/mol. The van der Waals surface area contributed by atoms with Crippen LogP contribution >= 0.6 is 0 Å². The molecule has 0 unspecified atom stereocenters. The van der Waals surface area contributed by atoms with Gasteiger partial charge < -0.3 is 10.2 Å². The molecule has 1 saturated heterocycles. The van der Waals surface area contributed by atoms with E-state index in [0.717, 1.165) is 43.6 Å². The van der Waals surface area contributed by atoms with Crippen LogP contribution in [0.3, 0.4) is 0 Å². The maximum absolute atomic E-state index is 4.72. The fourth-order valence-electron chi connectivity index (χ4n) is 2.36. The molecule has 1 aromatic heterocycles. The number of hydrogen-bond donors (Lipinski definition) is 1. The van der Waals surface area contributed by atoms with E-state index < -0.39 is 0 Å². The monoisotopic (exact) mass is 262 g/mol. The molecule has 2 rings (SSSR count). The van der Waals surface area contributed by atoms with Crippen molar-refractivity contribution in [3.8, 4) is 0 Å². The molecule has 106 valence electrons. The van der Waals surface area contributed by atoms with E-state index in [-0.39, 0.29) is 0 Å². The van der Waals surface area contributed by atoms with E-state index in [1.165, 1.54) is 12.8 Å². The second kappa shape index (κ2) is 6.85. The van der Waals surface area contributed by atoms with Crippen molar-refractivity contribution in [3.05, 3.63) is 18.1 Å². The highest BCUT2D eigenvalue weighted by Gasteiger charge is 2.17. The van der Waals surface area contributed by atoms with Crippen LogP contribution in [0.4, 0.5) is 5.82 Å². The van der Waals surface area contributed by atoms with Crippen molar-refractivity contribution >= 4 is 5.82 Å². The lowest BCUT2D eigenvalue weighted by atomic mass is 9.99. The normalized spacial score (nSPS) is 17.2. The average molecular weight is 262 g/mol. The Morgan fingerprint density at radius 2 is 2.05 bits per heavy atom. The van der Waals surface area contributed by atoms with Gasteiger partial charge in [0, 0.05) is 25.8 Å². The minimum Gasteiger partial charge on any atom is -0.355 e. The average Bonchev–Trinajstić information content (AvgIpc) is 2.39. The molecule has 0 aliphatic carbocycles. The Kier molecular flexibility index (Phi) is 5.14. The van der Waals surface area contributed by atoms with E-state index in [1.807, 2.05) is 12.4 Å². The molecule has 0 amide bonds. The summed E-state index contributed by atoms with van der Waals surface area (Å²) in [6.07, 6.45) is 6.28. The van der Waals surface area contributed by atoms with Gasteiger partial charge in [-0.05, 0) is 31.2 Å². The van der Waals surface area contributed by atoms with Gasteiger partial charge in [-0.2, -0.15) is 0 Å². The van der Waals surface area contributed by atoms with Crippen molar-refractivity contribution in [3.63, 3.8) is 0 Å². The Bertz CT molecular complexity index is 383. The van der Waals surface area contributed by atoms with Gasteiger partial charge in [-0.3, -0.25) is 4.98 Å². The molecule has 4 nitrogen and oxygen atoms in total. The first-order chi connectivity index (χ1) is 9.15. The quantitative estimate of drug-likeness (QED) is 0.885. The van der Waals surface area contributed by atoms with Gasteiger partial charge in [0.2, 0.25) is 0 Å². The summed E-state index contributed by atoms with van der Waals surface area (Å²) in [7, 11) is 0. The summed E-state index contributed by atoms with van der Waals surface area (Å²) in [5.41, 5.74) is 1.04. The largest absolute Gasteiger partial charge is 0.355 e. The number of hydrogen-bond acceptors (Lipinski definition) is 4. The standard InChI is InChI=1S/C15H26N4/c1-12(2)8-16-9-14-10-17-11-15(18-14)19-6-4-13(3)5-7-19/h10-13,16H,4-9H2,1-3H3. The van der Waals surface area contributed by atoms with Gasteiger partial charge in [0.25, 0.3) is 0 Å². The van der Waals surface area contributed by atoms with E-state index in [0.29, 0.717) is 5.92 Å². The fraction of sp³-hybridized carbons (Fsp3) is 0.733. The number of nitrogens with one attached hydrogen (secondary N) is 1. The summed E-state index contributed by atoms with van der Waals surface area (Å²) < 4.78 is 0. The second-order valence-electron chi connectivity index (χ2n) is 6.06. The van der Waals surface area contributed by atoms with Gasteiger partial charge in [-0.25, -0.2) is 4.98 Å². The van der Waals surface area contributed by atoms with E-state index in [9.17, 15) is 0 Å². The molecule has 2 heterocycles. The number of rotatable bonds is 5. The summed E-state index contributed by atoms with van der Waals surface area (Å²) in [5.74, 6) is 2.55. The first-order valence-corrected chi connectivity index (χ1v) is 7.41. The van der Waals surface area contributed by atoms with Gasteiger partial charge in [-0.1, -0.05) is 20.8 Å². The van der Waals surface area contributed by atoms with Gasteiger partial charge in [0.05, 0.1) is 11.9 Å². The topological polar surface area (TPSA) is 41.1 Å². The Morgan fingerprint density at radius 3 is 2.74 bits per heavy atom. The molecule has 0 saturated carbocycles. The Morgan fingerprint density at radius 1 is 1.32 bits per heavy atom. The highest BCUT2D eigenvalue weighted by atomic mass is 15.2. The first-order valence-electron chi connectivity index (χ1n) is 7.41. The van der Waals surface area contributed by atoms with Crippen LogP contribution in [-0.4, -0.2) is 29.6 Å². The first kappa shape index (κ1) is 14.3. The zero-order valence-corrected chi connectivity index (χ0v) is 12.4. The zero-order chi connectivity index (χ0) is 13.7. The summed E-state index contributed by atoms with van der Waals surface area (Å²) in [6, 6.07) is 0. The fourth-order valence-corrected chi connectivity index (χ4v) is 2.36. The molecule has 4 heteroatoms. The maximum Gasteiger partial charge on any atom is 0.147 e. The Balaban J connectivity index is 1.91. The lowest BCUT2D eigenvalue weighted by Crippen LogP contribution is -2.33. The van der Waals surface area contributed by atoms with E-state index in [4.69, 9.17) is 4.98 Å². The van der Waals surface area contributed by atoms with Crippen LogP contribution in [0.2, 0.25) is 0 Å². The number of piperidine rings is 1. The van der Waals surface area contributed by atoms with Crippen LogP contribution < -0.4 is 10.2 Å². The lowest BCUT2D eigenvalue weighted by molar-refractivity contribution is 0.436. The van der Waals surface area contributed by atoms with Crippen LogP contribution in [0.15, 0.2) is 12.4 Å². The highest BCUT2D eigenvalue weighted by molar-refractivity contribution is 5.36. The predicted octanol–water partition coefficient (Wildman–Crippen LogP) is 2.46. The van der Waals surface area contributed by atoms with Crippen molar-refractivity contribution in [2.24, 2.45) is 11.8 Å². The predicted molar refractivity (Wildman–Crippen MR) is 79.2 cm³/mol. The minimum absolute atomic E-state index is 0.666. The lowest BCUT2D eigenvalue weighted by Gasteiger charge is -2.31. The van der Waals surface area contributed by atoms with Crippen molar-refractivity contribution in [1.29, 1.82) is 0 Å². The van der Waals surface area contributed by atoms with Crippen molar-refractivity contribution in [2.75, 3.05) is 24.5 Å². The van der Waals surface area contributed by atoms with Crippen molar-refractivity contribution in [2.45, 2.75) is 40.2 Å². The van der Waals surface area contributed by atoms with Crippen molar-refractivity contribution < 1.29 is 0 Å². The van der Waals surface area contributed by atoms with E-state index >= 15 is 0 Å². The molecule has 0 radical (unpaired) electrons. The molecular formula is C15H26N4. The smallest absolute Gasteiger partial charge is 0.147 e. The molecule has 0 aromatic carbocycles. The van der Waals surface area contributed by atoms with Crippen LogP contribution in [0.25, 0.3) is 0 Å². The van der Waals surface area contributed by atoms with Gasteiger partial charge in [0.1, 0.15) is 5.82 Å².